The van der Waals surface area contributed by atoms with Crippen molar-refractivity contribution in [1.82, 2.24) is 9.97 Å². The first kappa shape index (κ1) is 13.5. The first-order valence-corrected chi connectivity index (χ1v) is 7.57. The normalized spacial score (nSPS) is 12.0. The van der Waals surface area contributed by atoms with Crippen LogP contribution in [0.1, 0.15) is 5.69 Å². The van der Waals surface area contributed by atoms with Crippen LogP contribution in [0, 0.1) is 11.3 Å². The van der Waals surface area contributed by atoms with E-state index in [0.717, 1.165) is 12.4 Å². The van der Waals surface area contributed by atoms with Crippen molar-refractivity contribution in [3.05, 3.63) is 18.1 Å². The largest absolute Gasteiger partial charge is 0.241 e. The molecule has 0 spiro atoms. The van der Waals surface area contributed by atoms with Gasteiger partial charge in [0, 0.05) is 12.4 Å². The second-order valence-electron chi connectivity index (χ2n) is 3.01. The van der Waals surface area contributed by atoms with Gasteiger partial charge in [-0.3, -0.25) is 0 Å². The minimum atomic E-state index is -3.99. The Bertz CT molecular complexity index is 659. The Hall–Kier alpha value is -1.57. The molecule has 0 amide bonds. The zero-order valence-corrected chi connectivity index (χ0v) is 10.1. The van der Waals surface area contributed by atoms with E-state index in [2.05, 4.69) is 9.97 Å². The summed E-state index contributed by atoms with van der Waals surface area (Å²) in [4.78, 5) is 7.04. The maximum atomic E-state index is 11.7. The van der Waals surface area contributed by atoms with Gasteiger partial charge in [0.1, 0.15) is 6.07 Å². The van der Waals surface area contributed by atoms with Crippen LogP contribution in [-0.2, 0) is 19.9 Å². The predicted molar refractivity (Wildman–Crippen MR) is 56.8 cm³/mol. The number of nitrogens with two attached hydrogens (primary N) is 1. The fourth-order valence-electron chi connectivity index (χ4n) is 0.952. The Morgan fingerprint density at radius 1 is 1.18 bits per heavy atom. The summed E-state index contributed by atoms with van der Waals surface area (Å²) in [5.74, 6) is -1.48. The van der Waals surface area contributed by atoms with Crippen LogP contribution in [0.3, 0.4) is 0 Å². The molecule has 0 saturated heterocycles. The second kappa shape index (κ2) is 4.74. The molecule has 0 radical (unpaired) electrons. The van der Waals surface area contributed by atoms with Crippen LogP contribution in [0.4, 0.5) is 0 Å². The number of sulfonamides is 1. The van der Waals surface area contributed by atoms with Gasteiger partial charge >= 0.3 is 0 Å². The Balaban J connectivity index is 3.11. The van der Waals surface area contributed by atoms with Crippen LogP contribution in [0.2, 0.25) is 0 Å². The average Bonchev–Trinajstić information content (AvgIpc) is 2.26. The highest BCUT2D eigenvalue weighted by Gasteiger charge is 2.23. The Morgan fingerprint density at radius 3 is 2.29 bits per heavy atom. The van der Waals surface area contributed by atoms with Crippen LogP contribution in [0.15, 0.2) is 17.4 Å². The lowest BCUT2D eigenvalue weighted by atomic mass is 10.5. The van der Waals surface area contributed by atoms with E-state index in [1.165, 1.54) is 0 Å². The quantitative estimate of drug-likeness (QED) is 0.697. The minimum Gasteiger partial charge on any atom is -0.241 e. The highest BCUT2D eigenvalue weighted by atomic mass is 32.2. The lowest BCUT2D eigenvalue weighted by Crippen LogP contribution is -2.24. The molecule has 0 fully saturated rings. The zero-order valence-electron chi connectivity index (χ0n) is 8.44. The summed E-state index contributed by atoms with van der Waals surface area (Å²) in [6.45, 7) is 0. The summed E-state index contributed by atoms with van der Waals surface area (Å²) in [6, 6.07) is 1.57. The van der Waals surface area contributed by atoms with Gasteiger partial charge in [0.15, 0.2) is 20.6 Å². The van der Waals surface area contributed by atoms with Crippen LogP contribution in [0.25, 0.3) is 0 Å². The standard InChI is InChI=1S/C7H8N4O4S2/c8-5-6-7(11-2-1-10-6)16(12,13)3-4-17(9,14)15/h1-2H,3-4H2,(H2,9,14,15). The van der Waals surface area contributed by atoms with Crippen molar-refractivity contribution in [2.24, 2.45) is 5.14 Å². The number of nitrogens with zero attached hydrogens (tertiary/aromatic N) is 3. The molecule has 0 unspecified atom stereocenters. The summed E-state index contributed by atoms with van der Waals surface area (Å²) in [6.07, 6.45) is 2.27. The number of hydrogen-bond donors (Lipinski definition) is 1. The van der Waals surface area contributed by atoms with E-state index in [1.807, 2.05) is 0 Å². The smallest absolute Gasteiger partial charge is 0.210 e. The molecular formula is C7H8N4O4S2. The molecule has 0 aromatic carbocycles. The van der Waals surface area contributed by atoms with Crippen LogP contribution in [-0.4, -0.2) is 38.3 Å². The zero-order chi connectivity index (χ0) is 13.1. The van der Waals surface area contributed by atoms with E-state index in [-0.39, 0.29) is 5.69 Å². The topological polar surface area (TPSA) is 144 Å². The second-order valence-corrected chi connectivity index (χ2v) is 6.77. The molecule has 1 rings (SSSR count). The number of hydrogen-bond acceptors (Lipinski definition) is 7. The predicted octanol–water partition coefficient (Wildman–Crippen LogP) is -1.59. The van der Waals surface area contributed by atoms with E-state index in [9.17, 15) is 16.8 Å². The molecule has 0 bridgehead atoms. The third-order valence-corrected chi connectivity index (χ3v) is 4.36. The highest BCUT2D eigenvalue weighted by Crippen LogP contribution is 2.10. The molecule has 0 aliphatic heterocycles. The summed E-state index contributed by atoms with van der Waals surface area (Å²) in [5, 5.41) is 12.8. The Kier molecular flexibility index (Phi) is 3.76. The van der Waals surface area contributed by atoms with Crippen LogP contribution in [0.5, 0.6) is 0 Å². The molecule has 10 heteroatoms. The van der Waals surface area contributed by atoms with Gasteiger partial charge in [0.25, 0.3) is 0 Å². The number of sulfone groups is 1. The molecule has 92 valence electrons. The van der Waals surface area contributed by atoms with E-state index in [0.29, 0.717) is 0 Å². The lowest BCUT2D eigenvalue weighted by Gasteiger charge is -2.03. The van der Waals surface area contributed by atoms with E-state index in [1.54, 1.807) is 6.07 Å². The molecule has 1 aromatic rings. The van der Waals surface area contributed by atoms with Crippen LogP contribution >= 0.6 is 0 Å². The highest BCUT2D eigenvalue weighted by molar-refractivity contribution is 7.94. The molecule has 1 heterocycles. The molecule has 0 saturated carbocycles. The molecular weight excluding hydrogens is 268 g/mol. The van der Waals surface area contributed by atoms with Gasteiger partial charge < -0.3 is 0 Å². The van der Waals surface area contributed by atoms with Gasteiger partial charge in [-0.1, -0.05) is 0 Å². The summed E-state index contributed by atoms with van der Waals surface area (Å²) in [5.41, 5.74) is -0.373. The average molecular weight is 276 g/mol. The van der Waals surface area contributed by atoms with E-state index >= 15 is 0 Å². The van der Waals surface area contributed by atoms with Gasteiger partial charge in [0.2, 0.25) is 10.0 Å². The third kappa shape index (κ3) is 3.74. The molecule has 2 N–H and O–H groups in total. The van der Waals surface area contributed by atoms with Crippen molar-refractivity contribution < 1.29 is 16.8 Å². The maximum Gasteiger partial charge on any atom is 0.210 e. The van der Waals surface area contributed by atoms with Crippen molar-refractivity contribution in [1.29, 1.82) is 5.26 Å². The van der Waals surface area contributed by atoms with Crippen molar-refractivity contribution in [2.45, 2.75) is 5.03 Å². The SMILES string of the molecule is N#Cc1nccnc1S(=O)(=O)CCS(N)(=O)=O. The molecule has 0 aliphatic rings. The van der Waals surface area contributed by atoms with Gasteiger partial charge in [-0.15, -0.1) is 0 Å². The first-order chi connectivity index (χ1) is 7.76. The summed E-state index contributed by atoms with van der Waals surface area (Å²) in [7, 11) is -7.89. The molecule has 8 nitrogen and oxygen atoms in total. The Labute approximate surface area is 98.1 Å². The molecule has 0 aliphatic carbocycles. The summed E-state index contributed by atoms with van der Waals surface area (Å²) < 4.78 is 44.7. The fourth-order valence-corrected chi connectivity index (χ4v) is 3.57. The number of rotatable bonds is 4. The number of nitriles is 1. The number of aromatic nitrogens is 2. The monoisotopic (exact) mass is 276 g/mol. The van der Waals surface area contributed by atoms with Crippen molar-refractivity contribution >= 4 is 19.9 Å². The summed E-state index contributed by atoms with van der Waals surface area (Å²) >= 11 is 0. The van der Waals surface area contributed by atoms with Gasteiger partial charge in [-0.25, -0.2) is 31.9 Å². The first-order valence-electron chi connectivity index (χ1n) is 4.20. The fraction of sp³-hybridized carbons (Fsp3) is 0.286. The third-order valence-electron chi connectivity index (χ3n) is 1.70. The lowest BCUT2D eigenvalue weighted by molar-refractivity contribution is 0.585. The van der Waals surface area contributed by atoms with Crippen LogP contribution < -0.4 is 5.14 Å². The molecule has 0 atom stereocenters. The molecule has 17 heavy (non-hydrogen) atoms. The van der Waals surface area contributed by atoms with Gasteiger partial charge in [0.05, 0.1) is 11.5 Å². The van der Waals surface area contributed by atoms with Crippen molar-refractivity contribution in [3.63, 3.8) is 0 Å². The van der Waals surface area contributed by atoms with Crippen molar-refractivity contribution in [2.75, 3.05) is 11.5 Å². The molecule has 1 aromatic heterocycles. The maximum absolute atomic E-state index is 11.7. The Morgan fingerprint density at radius 2 is 1.76 bits per heavy atom. The van der Waals surface area contributed by atoms with Crippen molar-refractivity contribution in [3.8, 4) is 6.07 Å². The van der Waals surface area contributed by atoms with Gasteiger partial charge in [-0.05, 0) is 0 Å². The van der Waals surface area contributed by atoms with Gasteiger partial charge in [-0.2, -0.15) is 5.26 Å². The minimum absolute atomic E-state index is 0.373. The van der Waals surface area contributed by atoms with E-state index in [4.69, 9.17) is 10.4 Å². The van der Waals surface area contributed by atoms with E-state index < -0.39 is 36.4 Å². The number of primary sulfonamides is 1.